The first kappa shape index (κ1) is 19.4. The van der Waals surface area contributed by atoms with Crippen LogP contribution in [0.5, 0.6) is 5.75 Å². The van der Waals surface area contributed by atoms with Crippen LogP contribution in [0, 0.1) is 18.3 Å². The zero-order valence-electron chi connectivity index (χ0n) is 16.1. The summed E-state index contributed by atoms with van der Waals surface area (Å²) in [5, 5.41) is 11.3. The number of hydrogen-bond donors (Lipinski definition) is 1. The third-order valence-electron chi connectivity index (χ3n) is 5.60. The van der Waals surface area contributed by atoms with Crippen molar-refractivity contribution >= 4 is 5.91 Å². The minimum Gasteiger partial charge on any atom is -0.497 e. The van der Waals surface area contributed by atoms with E-state index in [1.807, 2.05) is 12.1 Å². The Bertz CT molecular complexity index is 717. The molecule has 6 nitrogen and oxygen atoms in total. The van der Waals surface area contributed by atoms with Crippen LogP contribution in [-0.4, -0.2) is 43.7 Å². The van der Waals surface area contributed by atoms with Crippen LogP contribution in [0.15, 0.2) is 34.5 Å². The van der Waals surface area contributed by atoms with Crippen molar-refractivity contribution in [2.45, 2.75) is 43.8 Å². The van der Waals surface area contributed by atoms with Gasteiger partial charge in [0.2, 0.25) is 5.91 Å². The number of likely N-dealkylation sites (tertiary alicyclic amines) is 1. The monoisotopic (exact) mass is 368 g/mol. The molecule has 1 amide bonds. The Morgan fingerprint density at radius 3 is 2.74 bits per heavy atom. The molecule has 1 aromatic rings. The molecule has 0 saturated carbocycles. The number of nitrogens with one attached hydrogen (secondary N) is 1. The molecule has 0 radical (unpaired) electrons. The molecule has 1 fully saturated rings. The van der Waals surface area contributed by atoms with Gasteiger partial charge in [0.1, 0.15) is 5.75 Å². The fraction of sp³-hybridized carbons (Fsp3) is 0.571. The number of rotatable bonds is 9. The first-order valence-corrected chi connectivity index (χ1v) is 9.55. The average molecular weight is 368 g/mol. The van der Waals surface area contributed by atoms with Crippen molar-refractivity contribution in [1.82, 2.24) is 10.2 Å². The summed E-state index contributed by atoms with van der Waals surface area (Å²) in [4.78, 5) is 14.6. The van der Waals surface area contributed by atoms with Crippen molar-refractivity contribution in [2.75, 3.05) is 27.2 Å². The van der Waals surface area contributed by atoms with Gasteiger partial charge >= 0.3 is 0 Å². The van der Waals surface area contributed by atoms with Crippen LogP contribution in [-0.2, 0) is 4.79 Å². The number of ether oxygens (including phenoxy) is 1. The van der Waals surface area contributed by atoms with Gasteiger partial charge in [-0.1, -0.05) is 12.1 Å². The molecular formula is C21H28N4O2. The van der Waals surface area contributed by atoms with E-state index >= 15 is 0 Å². The van der Waals surface area contributed by atoms with Crippen LogP contribution in [0.1, 0.15) is 43.7 Å². The van der Waals surface area contributed by atoms with Crippen molar-refractivity contribution in [3.8, 4) is 18.1 Å². The Hall–Kier alpha value is -2.39. The maximum absolute atomic E-state index is 12.3. The lowest BCUT2D eigenvalue weighted by atomic mass is 9.93. The second kappa shape index (κ2) is 8.53. The van der Waals surface area contributed by atoms with Crippen LogP contribution in [0.2, 0.25) is 0 Å². The van der Waals surface area contributed by atoms with E-state index in [2.05, 4.69) is 45.5 Å². The maximum atomic E-state index is 12.3. The van der Waals surface area contributed by atoms with Gasteiger partial charge in [0, 0.05) is 38.3 Å². The Kier molecular flexibility index (Phi) is 6.12. The number of nitrogens with zero attached hydrogens (tertiary/aromatic N) is 3. The summed E-state index contributed by atoms with van der Waals surface area (Å²) in [6, 6.07) is 8.54. The number of terminal acetylenes is 1. The number of carbonyl (C=O) groups is 1. The summed E-state index contributed by atoms with van der Waals surface area (Å²) in [6.45, 7) is 1.72. The third-order valence-corrected chi connectivity index (χ3v) is 5.60. The second-order valence-corrected chi connectivity index (χ2v) is 7.44. The van der Waals surface area contributed by atoms with Gasteiger partial charge in [0.15, 0.2) is 5.66 Å². The van der Waals surface area contributed by atoms with Crippen molar-refractivity contribution in [3.63, 3.8) is 0 Å². The van der Waals surface area contributed by atoms with Crippen molar-refractivity contribution in [1.29, 1.82) is 0 Å². The third kappa shape index (κ3) is 4.86. The number of methoxy groups -OCH3 is 1. The topological polar surface area (TPSA) is 66.3 Å². The lowest BCUT2D eigenvalue weighted by Gasteiger charge is -2.26. The standard InChI is InChI=1S/C21H28N4O2/c1-4-5-12-21(23-24-21)13-10-19(26)22-15-17-11-14-25(2)20(17)16-6-8-18(27-3)9-7-16/h1,6-9,17,20H,5,10-15H2,2-3H3,(H,22,26)/t17-,20-/m1/s1. The molecule has 2 atom stereocenters. The number of benzene rings is 1. The molecule has 0 unspecified atom stereocenters. The van der Waals surface area contributed by atoms with Gasteiger partial charge in [-0.25, -0.2) is 0 Å². The minimum atomic E-state index is -0.386. The van der Waals surface area contributed by atoms with Gasteiger partial charge in [0.05, 0.1) is 7.11 Å². The van der Waals surface area contributed by atoms with E-state index in [9.17, 15) is 4.79 Å². The molecule has 2 aliphatic rings. The SMILES string of the molecule is C#CCCC1(CCC(=O)NC[C@H]2CCN(C)[C@@H]2c2ccc(OC)cc2)N=N1. The van der Waals surface area contributed by atoms with Gasteiger partial charge in [-0.2, -0.15) is 10.2 Å². The smallest absolute Gasteiger partial charge is 0.220 e. The quantitative estimate of drug-likeness (QED) is 0.681. The molecule has 1 saturated heterocycles. The molecule has 1 N–H and O–H groups in total. The van der Waals surface area contributed by atoms with Crippen molar-refractivity contribution in [3.05, 3.63) is 29.8 Å². The maximum Gasteiger partial charge on any atom is 0.220 e. The molecule has 0 aromatic heterocycles. The lowest BCUT2D eigenvalue weighted by Crippen LogP contribution is -2.33. The minimum absolute atomic E-state index is 0.0652. The molecule has 0 bridgehead atoms. The first-order valence-electron chi connectivity index (χ1n) is 9.55. The highest BCUT2D eigenvalue weighted by Gasteiger charge is 2.39. The Balaban J connectivity index is 1.49. The van der Waals surface area contributed by atoms with Gasteiger partial charge in [-0.15, -0.1) is 12.3 Å². The normalized spacial score (nSPS) is 23.0. The van der Waals surface area contributed by atoms with Gasteiger partial charge < -0.3 is 10.1 Å². The van der Waals surface area contributed by atoms with Crippen LogP contribution in [0.4, 0.5) is 0 Å². The Morgan fingerprint density at radius 1 is 1.37 bits per heavy atom. The van der Waals surface area contributed by atoms with Crippen LogP contribution in [0.3, 0.4) is 0 Å². The molecule has 3 rings (SSSR count). The van der Waals surface area contributed by atoms with E-state index in [0.29, 0.717) is 37.8 Å². The lowest BCUT2D eigenvalue weighted by molar-refractivity contribution is -0.121. The molecule has 27 heavy (non-hydrogen) atoms. The van der Waals surface area contributed by atoms with E-state index in [-0.39, 0.29) is 11.6 Å². The second-order valence-electron chi connectivity index (χ2n) is 7.44. The molecule has 1 aromatic carbocycles. The predicted octanol–water partition coefficient (Wildman–Crippen LogP) is 3.16. The molecule has 144 valence electrons. The fourth-order valence-electron chi connectivity index (χ4n) is 3.88. The summed E-state index contributed by atoms with van der Waals surface area (Å²) in [5.41, 5.74) is 0.877. The molecular weight excluding hydrogens is 340 g/mol. The van der Waals surface area contributed by atoms with Gasteiger partial charge in [-0.05, 0) is 43.6 Å². The van der Waals surface area contributed by atoms with E-state index in [0.717, 1.165) is 25.1 Å². The number of amides is 1. The van der Waals surface area contributed by atoms with Gasteiger partial charge in [0.25, 0.3) is 0 Å². The highest BCUT2D eigenvalue weighted by atomic mass is 16.5. The summed E-state index contributed by atoms with van der Waals surface area (Å²) < 4.78 is 5.25. The Labute approximate surface area is 161 Å². The highest BCUT2D eigenvalue weighted by molar-refractivity contribution is 5.76. The molecule has 2 heterocycles. The molecule has 0 spiro atoms. The van der Waals surface area contributed by atoms with Crippen LogP contribution < -0.4 is 10.1 Å². The first-order chi connectivity index (χ1) is 13.1. The summed E-state index contributed by atoms with van der Waals surface area (Å²) >= 11 is 0. The number of hydrogen-bond acceptors (Lipinski definition) is 5. The fourth-order valence-corrected chi connectivity index (χ4v) is 3.88. The zero-order chi connectivity index (χ0) is 19.3. The van der Waals surface area contributed by atoms with Crippen molar-refractivity contribution in [2.24, 2.45) is 16.1 Å². The number of carbonyl (C=O) groups excluding carboxylic acids is 1. The van der Waals surface area contributed by atoms with Crippen LogP contribution >= 0.6 is 0 Å². The Morgan fingerprint density at radius 2 is 2.11 bits per heavy atom. The van der Waals surface area contributed by atoms with E-state index in [4.69, 9.17) is 11.2 Å². The predicted molar refractivity (Wildman–Crippen MR) is 104 cm³/mol. The van der Waals surface area contributed by atoms with E-state index < -0.39 is 0 Å². The van der Waals surface area contributed by atoms with Crippen molar-refractivity contribution < 1.29 is 9.53 Å². The summed E-state index contributed by atoms with van der Waals surface area (Å²) in [5.74, 6) is 3.94. The molecule has 0 aliphatic carbocycles. The molecule has 2 aliphatic heterocycles. The van der Waals surface area contributed by atoms with Crippen LogP contribution in [0.25, 0.3) is 0 Å². The largest absolute Gasteiger partial charge is 0.497 e. The average Bonchev–Trinajstić information content (AvgIpc) is 3.38. The summed E-state index contributed by atoms with van der Waals surface area (Å²) in [7, 11) is 3.82. The molecule has 6 heteroatoms. The van der Waals surface area contributed by atoms with E-state index in [1.165, 1.54) is 5.56 Å². The highest BCUT2D eigenvalue weighted by Crippen LogP contribution is 2.38. The van der Waals surface area contributed by atoms with Gasteiger partial charge in [-0.3, -0.25) is 9.69 Å². The summed E-state index contributed by atoms with van der Waals surface area (Å²) in [6.07, 6.45) is 8.84. The zero-order valence-corrected chi connectivity index (χ0v) is 16.1. The van der Waals surface area contributed by atoms with E-state index in [1.54, 1.807) is 7.11 Å².